The minimum atomic E-state index is 0.0622. The molecule has 0 fully saturated rings. The molecule has 0 aromatic heterocycles. The van der Waals surface area contributed by atoms with Gasteiger partial charge in [-0.1, -0.05) is 36.4 Å². The summed E-state index contributed by atoms with van der Waals surface area (Å²) in [5.74, 6) is 2.61. The second-order valence-corrected chi connectivity index (χ2v) is 6.61. The molecule has 0 saturated carbocycles. The minimum Gasteiger partial charge on any atom is -0.490 e. The van der Waals surface area contributed by atoms with Crippen LogP contribution in [-0.2, 0) is 0 Å². The van der Waals surface area contributed by atoms with E-state index in [1.807, 2.05) is 72.8 Å². The van der Waals surface area contributed by atoms with Crippen molar-refractivity contribution in [2.45, 2.75) is 20.0 Å². The topological polar surface area (TPSA) is 39.7 Å². The number of hydrogen-bond donors (Lipinski definition) is 1. The highest BCUT2D eigenvalue weighted by molar-refractivity contribution is 5.46. The largest absolute Gasteiger partial charge is 0.490 e. The number of nitrogens with one attached hydrogen (secondary N) is 1. The van der Waals surface area contributed by atoms with E-state index < -0.39 is 0 Å². The zero-order chi connectivity index (χ0) is 19.6. The Bertz CT molecular complexity index is 834. The first kappa shape index (κ1) is 19.6. The van der Waals surface area contributed by atoms with Gasteiger partial charge >= 0.3 is 0 Å². The van der Waals surface area contributed by atoms with Crippen LogP contribution in [0.25, 0.3) is 0 Å². The lowest BCUT2D eigenvalue weighted by atomic mass is 10.2. The third-order valence-corrected chi connectivity index (χ3v) is 4.23. The summed E-state index contributed by atoms with van der Waals surface area (Å²) >= 11 is 0. The Morgan fingerprint density at radius 3 is 2.04 bits per heavy atom. The van der Waals surface area contributed by atoms with Crippen molar-refractivity contribution in [3.63, 3.8) is 0 Å². The highest BCUT2D eigenvalue weighted by Crippen LogP contribution is 2.19. The summed E-state index contributed by atoms with van der Waals surface area (Å²) in [7, 11) is 0. The van der Waals surface area contributed by atoms with Gasteiger partial charge in [0.25, 0.3) is 0 Å². The van der Waals surface area contributed by atoms with Crippen molar-refractivity contribution < 1.29 is 14.2 Å². The molecule has 1 unspecified atom stereocenters. The maximum atomic E-state index is 5.99. The fourth-order valence-corrected chi connectivity index (χ4v) is 2.71. The van der Waals surface area contributed by atoms with E-state index in [0.29, 0.717) is 13.2 Å². The average Bonchev–Trinajstić information content (AvgIpc) is 2.73. The molecule has 3 aromatic carbocycles. The molecule has 0 bridgehead atoms. The number of aryl methyl sites for hydroxylation is 1. The molecule has 4 nitrogen and oxygen atoms in total. The van der Waals surface area contributed by atoms with Crippen LogP contribution in [0.5, 0.6) is 17.2 Å². The lowest BCUT2D eigenvalue weighted by Crippen LogP contribution is -2.23. The van der Waals surface area contributed by atoms with E-state index in [1.54, 1.807) is 0 Å². The van der Waals surface area contributed by atoms with Crippen molar-refractivity contribution in [3.05, 3.63) is 84.4 Å². The molecule has 4 heteroatoms. The van der Waals surface area contributed by atoms with Gasteiger partial charge < -0.3 is 19.5 Å². The van der Waals surface area contributed by atoms with E-state index in [4.69, 9.17) is 14.2 Å². The second-order valence-electron chi connectivity index (χ2n) is 6.61. The Labute approximate surface area is 167 Å². The van der Waals surface area contributed by atoms with Gasteiger partial charge in [0.2, 0.25) is 0 Å². The van der Waals surface area contributed by atoms with Crippen LogP contribution in [-0.4, -0.2) is 25.9 Å². The van der Waals surface area contributed by atoms with Gasteiger partial charge in [0.1, 0.15) is 36.6 Å². The zero-order valence-corrected chi connectivity index (χ0v) is 16.4. The predicted octanol–water partition coefficient (Wildman–Crippen LogP) is 5.33. The van der Waals surface area contributed by atoms with Crippen LogP contribution in [0.2, 0.25) is 0 Å². The van der Waals surface area contributed by atoms with Crippen molar-refractivity contribution in [3.8, 4) is 17.2 Å². The van der Waals surface area contributed by atoms with E-state index in [2.05, 4.69) is 25.2 Å². The van der Waals surface area contributed by atoms with E-state index >= 15 is 0 Å². The van der Waals surface area contributed by atoms with Crippen molar-refractivity contribution in [2.24, 2.45) is 0 Å². The average molecular weight is 377 g/mol. The van der Waals surface area contributed by atoms with Gasteiger partial charge in [-0.15, -0.1) is 0 Å². The number of para-hydroxylation sites is 2. The number of anilines is 1. The smallest absolute Gasteiger partial charge is 0.122 e. The van der Waals surface area contributed by atoms with E-state index in [1.165, 1.54) is 0 Å². The first-order valence-corrected chi connectivity index (χ1v) is 9.57. The van der Waals surface area contributed by atoms with Gasteiger partial charge in [0.05, 0.1) is 6.54 Å². The quantitative estimate of drug-likeness (QED) is 0.485. The van der Waals surface area contributed by atoms with Crippen molar-refractivity contribution in [1.82, 2.24) is 0 Å². The lowest BCUT2D eigenvalue weighted by Gasteiger charge is -2.17. The summed E-state index contributed by atoms with van der Waals surface area (Å²) in [5, 5.41) is 3.39. The van der Waals surface area contributed by atoms with Crippen LogP contribution in [0.15, 0.2) is 78.9 Å². The molecule has 3 aromatic rings. The Morgan fingerprint density at radius 2 is 1.36 bits per heavy atom. The Morgan fingerprint density at radius 1 is 0.750 bits per heavy atom. The highest BCUT2D eigenvalue weighted by atomic mass is 16.5. The molecule has 1 N–H and O–H groups in total. The third-order valence-electron chi connectivity index (χ3n) is 4.23. The van der Waals surface area contributed by atoms with Crippen LogP contribution in [0.3, 0.4) is 0 Å². The van der Waals surface area contributed by atoms with Crippen LogP contribution in [0, 0.1) is 6.92 Å². The molecule has 28 heavy (non-hydrogen) atoms. The van der Waals surface area contributed by atoms with E-state index in [-0.39, 0.29) is 6.10 Å². The molecule has 0 saturated heterocycles. The Balaban J connectivity index is 1.37. The van der Waals surface area contributed by atoms with Gasteiger partial charge in [-0.2, -0.15) is 0 Å². The predicted molar refractivity (Wildman–Crippen MR) is 114 cm³/mol. The Kier molecular flexibility index (Phi) is 7.19. The van der Waals surface area contributed by atoms with E-state index in [0.717, 1.165) is 35.0 Å². The van der Waals surface area contributed by atoms with Gasteiger partial charge in [-0.3, -0.25) is 0 Å². The SMILES string of the molecule is Cc1ccccc1OC(C)CNc1ccc(OCCOc2ccccc2)cc1. The second kappa shape index (κ2) is 10.3. The number of ether oxygens (including phenoxy) is 3. The fraction of sp³-hybridized carbons (Fsp3) is 0.250. The molecule has 0 heterocycles. The molecular formula is C24H27NO3. The molecule has 1 atom stereocenters. The maximum absolute atomic E-state index is 5.99. The summed E-state index contributed by atoms with van der Waals surface area (Å²) in [6.45, 7) is 5.85. The van der Waals surface area contributed by atoms with Gasteiger partial charge in [-0.05, 0) is 61.9 Å². The first-order chi connectivity index (χ1) is 13.7. The van der Waals surface area contributed by atoms with Crippen molar-refractivity contribution in [1.29, 1.82) is 0 Å². The number of rotatable bonds is 10. The maximum Gasteiger partial charge on any atom is 0.122 e. The molecule has 0 aliphatic rings. The highest BCUT2D eigenvalue weighted by Gasteiger charge is 2.06. The fourth-order valence-electron chi connectivity index (χ4n) is 2.71. The lowest BCUT2D eigenvalue weighted by molar-refractivity contribution is 0.217. The van der Waals surface area contributed by atoms with Crippen LogP contribution in [0.4, 0.5) is 5.69 Å². The molecular weight excluding hydrogens is 350 g/mol. The van der Waals surface area contributed by atoms with Gasteiger partial charge in [-0.25, -0.2) is 0 Å². The monoisotopic (exact) mass is 377 g/mol. The minimum absolute atomic E-state index is 0.0622. The van der Waals surface area contributed by atoms with Crippen LogP contribution >= 0.6 is 0 Å². The third kappa shape index (κ3) is 6.23. The normalized spacial score (nSPS) is 11.5. The van der Waals surface area contributed by atoms with Crippen molar-refractivity contribution >= 4 is 5.69 Å². The van der Waals surface area contributed by atoms with Crippen LogP contribution in [0.1, 0.15) is 12.5 Å². The molecule has 0 aliphatic heterocycles. The number of benzene rings is 3. The molecule has 0 radical (unpaired) electrons. The van der Waals surface area contributed by atoms with Crippen LogP contribution < -0.4 is 19.5 Å². The molecule has 3 rings (SSSR count). The zero-order valence-electron chi connectivity index (χ0n) is 16.4. The summed E-state index contributed by atoms with van der Waals surface area (Å²) in [5.41, 5.74) is 2.18. The van der Waals surface area contributed by atoms with Gasteiger partial charge in [0.15, 0.2) is 0 Å². The summed E-state index contributed by atoms with van der Waals surface area (Å²) < 4.78 is 17.3. The summed E-state index contributed by atoms with van der Waals surface area (Å²) in [4.78, 5) is 0. The summed E-state index contributed by atoms with van der Waals surface area (Å²) in [6.07, 6.45) is 0.0622. The van der Waals surface area contributed by atoms with E-state index in [9.17, 15) is 0 Å². The summed E-state index contributed by atoms with van der Waals surface area (Å²) in [6, 6.07) is 25.7. The molecule has 0 amide bonds. The molecule has 146 valence electrons. The number of hydrogen-bond acceptors (Lipinski definition) is 4. The Hall–Kier alpha value is -3.14. The van der Waals surface area contributed by atoms with Gasteiger partial charge in [0, 0.05) is 5.69 Å². The molecule has 0 spiro atoms. The van der Waals surface area contributed by atoms with Crippen molar-refractivity contribution in [2.75, 3.05) is 25.1 Å². The standard InChI is InChI=1S/C24H27NO3/c1-19-8-6-7-11-24(19)28-20(2)18-25-21-12-14-23(15-13-21)27-17-16-26-22-9-4-3-5-10-22/h3-15,20,25H,16-18H2,1-2H3. The first-order valence-electron chi connectivity index (χ1n) is 9.57. The molecule has 0 aliphatic carbocycles.